The van der Waals surface area contributed by atoms with Crippen LogP contribution in [-0.4, -0.2) is 42.2 Å². The van der Waals surface area contributed by atoms with Crippen LogP contribution in [0.2, 0.25) is 20.1 Å². The third-order valence-corrected chi connectivity index (χ3v) is 8.44. The van der Waals surface area contributed by atoms with E-state index >= 15 is 0 Å². The first-order chi connectivity index (χ1) is 21.3. The number of amides is 1. The Kier molecular flexibility index (Phi) is 10.7. The van der Waals surface area contributed by atoms with E-state index in [1.165, 1.54) is 0 Å². The molecule has 1 amide bonds. The molecule has 2 N–H and O–H groups in total. The van der Waals surface area contributed by atoms with E-state index in [9.17, 15) is 4.79 Å². The number of rotatable bonds is 12. The van der Waals surface area contributed by atoms with Gasteiger partial charge in [0.05, 0.1) is 6.61 Å². The minimum absolute atomic E-state index is 0.0513. The maximum atomic E-state index is 14.4. The Morgan fingerprint density at radius 2 is 1.61 bits per heavy atom. The van der Waals surface area contributed by atoms with Crippen molar-refractivity contribution in [2.24, 2.45) is 4.99 Å². The summed E-state index contributed by atoms with van der Waals surface area (Å²) in [6, 6.07) is 27.3. The zero-order valence-electron chi connectivity index (χ0n) is 23.6. The van der Waals surface area contributed by atoms with Crippen molar-refractivity contribution in [2.45, 2.75) is 30.9 Å². The Labute approximate surface area is 276 Å². The van der Waals surface area contributed by atoms with E-state index in [0.717, 1.165) is 11.1 Å². The van der Waals surface area contributed by atoms with Crippen LogP contribution in [0.5, 0.6) is 5.75 Å². The van der Waals surface area contributed by atoms with Gasteiger partial charge in [0.2, 0.25) is 5.90 Å². The number of aliphatic imine (C=N–C) groups is 1. The fourth-order valence-corrected chi connectivity index (χ4v) is 6.08. The van der Waals surface area contributed by atoms with Crippen LogP contribution in [0.3, 0.4) is 0 Å². The predicted molar refractivity (Wildman–Crippen MR) is 177 cm³/mol. The van der Waals surface area contributed by atoms with Crippen LogP contribution in [0.25, 0.3) is 0 Å². The average molecular weight is 672 g/mol. The summed E-state index contributed by atoms with van der Waals surface area (Å²) in [6.07, 6.45) is 0.409. The maximum absolute atomic E-state index is 14.4. The second kappa shape index (κ2) is 14.7. The summed E-state index contributed by atoms with van der Waals surface area (Å²) in [6.45, 7) is 0.754. The van der Waals surface area contributed by atoms with Crippen molar-refractivity contribution in [1.82, 2.24) is 5.32 Å². The molecule has 228 valence electrons. The molecular formula is C34H30Cl4N2O4. The van der Waals surface area contributed by atoms with Crippen LogP contribution in [0.15, 0.2) is 96.0 Å². The topological polar surface area (TPSA) is 80.2 Å². The van der Waals surface area contributed by atoms with Crippen molar-refractivity contribution >= 4 is 58.2 Å². The molecule has 0 unspecified atom stereocenters. The van der Waals surface area contributed by atoms with Gasteiger partial charge in [-0.05, 0) is 66.1 Å². The summed E-state index contributed by atoms with van der Waals surface area (Å²) in [5.41, 5.74) is 1.61. The molecule has 0 aromatic heterocycles. The molecule has 44 heavy (non-hydrogen) atoms. The monoisotopic (exact) mass is 670 g/mol. The number of nitrogens with zero attached hydrogens (tertiary/aromatic N) is 1. The highest BCUT2D eigenvalue weighted by molar-refractivity contribution is 6.35. The zero-order valence-corrected chi connectivity index (χ0v) is 26.6. The van der Waals surface area contributed by atoms with Gasteiger partial charge in [0, 0.05) is 57.2 Å². The number of hydrogen-bond donors (Lipinski definition) is 2. The lowest BCUT2D eigenvalue weighted by Gasteiger charge is -2.31. The Morgan fingerprint density at radius 1 is 0.909 bits per heavy atom. The molecule has 6 nitrogen and oxygen atoms in total. The number of aliphatic hydroxyl groups is 1. The lowest BCUT2D eigenvalue weighted by Crippen LogP contribution is -2.50. The van der Waals surface area contributed by atoms with E-state index in [2.05, 4.69) is 5.32 Å². The highest BCUT2D eigenvalue weighted by Gasteiger charge is 2.53. The smallest absolute Gasteiger partial charge is 0.252 e. The van der Waals surface area contributed by atoms with Crippen LogP contribution < -0.4 is 10.1 Å². The normalized spacial score (nSPS) is 17.6. The molecule has 0 saturated heterocycles. The summed E-state index contributed by atoms with van der Waals surface area (Å²) in [7, 11) is 0. The van der Waals surface area contributed by atoms with Crippen molar-refractivity contribution in [2.75, 3.05) is 19.8 Å². The summed E-state index contributed by atoms with van der Waals surface area (Å²) >= 11 is 25.4. The van der Waals surface area contributed by atoms with Crippen molar-refractivity contribution < 1.29 is 19.4 Å². The average Bonchev–Trinajstić information content (AvgIpc) is 3.39. The summed E-state index contributed by atoms with van der Waals surface area (Å²) in [5, 5.41) is 14.0. The molecule has 10 heteroatoms. The standard InChI is InChI=1S/C34H30Cl4N2O4/c35-25-10-7-23(29(37)19-25)15-16-39-33(42)34(21-22-5-2-1-3-6-22)31(28-14-11-26(36)20-30(28)38)44-32(40-34)24-8-12-27(13-9-24)43-18-4-17-41/h1-3,5-14,19-20,31,41H,4,15-18,21H2,(H,39,42)/t31-,34-/m1/s1. The number of nitrogens with one attached hydrogen (secondary N) is 1. The zero-order chi connectivity index (χ0) is 31.1. The fourth-order valence-electron chi connectivity index (χ4n) is 5.07. The minimum Gasteiger partial charge on any atom is -0.494 e. The number of halogens is 4. The van der Waals surface area contributed by atoms with Gasteiger partial charge in [-0.3, -0.25) is 4.79 Å². The Morgan fingerprint density at radius 3 is 2.30 bits per heavy atom. The molecule has 0 spiro atoms. The Hall–Kier alpha value is -3.26. The number of aliphatic hydroxyl groups excluding tert-OH is 1. The second-order valence-electron chi connectivity index (χ2n) is 10.4. The summed E-state index contributed by atoms with van der Waals surface area (Å²) in [5.74, 6) is 0.628. The Balaban J connectivity index is 1.52. The van der Waals surface area contributed by atoms with Crippen molar-refractivity contribution in [1.29, 1.82) is 0 Å². The van der Waals surface area contributed by atoms with Gasteiger partial charge in [0.25, 0.3) is 5.91 Å². The van der Waals surface area contributed by atoms with Gasteiger partial charge in [0.15, 0.2) is 11.6 Å². The first-order valence-electron chi connectivity index (χ1n) is 14.1. The molecule has 0 aliphatic carbocycles. The molecule has 0 radical (unpaired) electrons. The van der Waals surface area contributed by atoms with Crippen LogP contribution in [0, 0.1) is 0 Å². The molecule has 0 saturated carbocycles. The van der Waals surface area contributed by atoms with Gasteiger partial charge in [-0.25, -0.2) is 4.99 Å². The molecule has 1 heterocycles. The number of carbonyl (C=O) groups is 1. The van der Waals surface area contributed by atoms with Gasteiger partial charge >= 0.3 is 0 Å². The second-order valence-corrected chi connectivity index (χ2v) is 12.0. The molecule has 1 aliphatic heterocycles. The highest BCUT2D eigenvalue weighted by Crippen LogP contribution is 2.45. The third kappa shape index (κ3) is 7.51. The highest BCUT2D eigenvalue weighted by atomic mass is 35.5. The lowest BCUT2D eigenvalue weighted by molar-refractivity contribution is -0.128. The molecule has 0 bridgehead atoms. The summed E-state index contributed by atoms with van der Waals surface area (Å²) in [4.78, 5) is 19.4. The van der Waals surface area contributed by atoms with Crippen LogP contribution in [0.4, 0.5) is 0 Å². The van der Waals surface area contributed by atoms with Gasteiger partial charge in [-0.1, -0.05) is 88.9 Å². The van der Waals surface area contributed by atoms with Crippen LogP contribution in [-0.2, 0) is 22.4 Å². The summed E-state index contributed by atoms with van der Waals surface area (Å²) < 4.78 is 12.2. The fraction of sp³-hybridized carbons (Fsp3) is 0.235. The van der Waals surface area contributed by atoms with E-state index in [1.54, 1.807) is 42.5 Å². The van der Waals surface area contributed by atoms with E-state index in [1.807, 2.05) is 48.5 Å². The molecule has 0 fully saturated rings. The number of carbonyl (C=O) groups excluding carboxylic acids is 1. The van der Waals surface area contributed by atoms with Crippen LogP contribution in [0.1, 0.15) is 34.8 Å². The van der Waals surface area contributed by atoms with E-state index in [-0.39, 0.29) is 18.9 Å². The van der Waals surface area contributed by atoms with Gasteiger partial charge in [-0.15, -0.1) is 0 Å². The van der Waals surface area contributed by atoms with Crippen molar-refractivity contribution in [3.05, 3.63) is 133 Å². The van der Waals surface area contributed by atoms with Gasteiger partial charge in [-0.2, -0.15) is 0 Å². The molecule has 2 atom stereocenters. The van der Waals surface area contributed by atoms with Gasteiger partial charge < -0.3 is 19.9 Å². The first kappa shape index (κ1) is 32.1. The van der Waals surface area contributed by atoms with Crippen LogP contribution >= 0.6 is 46.4 Å². The molecule has 5 rings (SSSR count). The Bertz CT molecular complexity index is 1630. The minimum atomic E-state index is -1.41. The van der Waals surface area contributed by atoms with E-state index < -0.39 is 11.6 Å². The van der Waals surface area contributed by atoms with E-state index in [4.69, 9.17) is 66.0 Å². The molecular weight excluding hydrogens is 642 g/mol. The number of benzene rings is 4. The van der Waals surface area contributed by atoms with E-state index in [0.29, 0.717) is 68.9 Å². The quantitative estimate of drug-likeness (QED) is 0.150. The van der Waals surface area contributed by atoms with Crippen molar-refractivity contribution in [3.8, 4) is 5.75 Å². The largest absolute Gasteiger partial charge is 0.494 e. The molecule has 1 aliphatic rings. The third-order valence-electron chi connectivity index (χ3n) is 7.29. The lowest BCUT2D eigenvalue weighted by atomic mass is 9.82. The predicted octanol–water partition coefficient (Wildman–Crippen LogP) is 7.92. The van der Waals surface area contributed by atoms with Crippen molar-refractivity contribution in [3.63, 3.8) is 0 Å². The maximum Gasteiger partial charge on any atom is 0.252 e. The number of hydrogen-bond acceptors (Lipinski definition) is 5. The molecule has 4 aromatic carbocycles. The van der Waals surface area contributed by atoms with Gasteiger partial charge in [0.1, 0.15) is 5.75 Å². The first-order valence-corrected chi connectivity index (χ1v) is 15.6. The molecule has 4 aromatic rings. The SMILES string of the molecule is O=C(NCCc1ccc(Cl)cc1Cl)[C@]1(Cc2ccccc2)N=C(c2ccc(OCCCO)cc2)O[C@@H]1c1ccc(Cl)cc1Cl. The number of ether oxygens (including phenoxy) is 2.